The number of aromatic nitrogens is 2. The maximum absolute atomic E-state index is 9.20. The van der Waals surface area contributed by atoms with Gasteiger partial charge in [0.1, 0.15) is 5.82 Å². The minimum absolute atomic E-state index is 0.0343. The summed E-state index contributed by atoms with van der Waals surface area (Å²) in [4.78, 5) is 9.18. The van der Waals surface area contributed by atoms with Crippen molar-refractivity contribution in [2.45, 2.75) is 32.4 Å². The smallest absolute Gasteiger partial charge is 0.122 e. The number of nitriles is 2. The molecule has 1 saturated heterocycles. The molecule has 0 saturated carbocycles. The highest BCUT2D eigenvalue weighted by Gasteiger charge is 2.26. The third-order valence-corrected chi connectivity index (χ3v) is 4.38. The van der Waals surface area contributed by atoms with Gasteiger partial charge in [0.05, 0.1) is 24.6 Å². The van der Waals surface area contributed by atoms with Crippen LogP contribution < -0.4 is 0 Å². The molecule has 0 bridgehead atoms. The Labute approximate surface area is 132 Å². The number of hydrogen-bond donors (Lipinski definition) is 0. The van der Waals surface area contributed by atoms with Crippen molar-refractivity contribution in [3.05, 3.63) is 18.2 Å². The lowest BCUT2D eigenvalue weighted by atomic mass is 10.0. The molecule has 0 aliphatic carbocycles. The van der Waals surface area contributed by atoms with E-state index in [1.807, 2.05) is 19.4 Å². The van der Waals surface area contributed by atoms with Gasteiger partial charge in [0.25, 0.3) is 0 Å². The molecule has 118 valence electrons. The molecule has 1 aromatic rings. The Kier molecular flexibility index (Phi) is 5.94. The monoisotopic (exact) mass is 300 g/mol. The van der Waals surface area contributed by atoms with Gasteiger partial charge in [-0.3, -0.25) is 9.80 Å². The summed E-state index contributed by atoms with van der Waals surface area (Å²) in [5, 5.41) is 17.8. The van der Waals surface area contributed by atoms with E-state index in [-0.39, 0.29) is 5.92 Å². The molecular weight excluding hydrogens is 276 g/mol. The molecule has 0 aromatic carbocycles. The molecule has 22 heavy (non-hydrogen) atoms. The maximum atomic E-state index is 9.20. The third kappa shape index (κ3) is 4.30. The lowest BCUT2D eigenvalue weighted by Crippen LogP contribution is -2.52. The normalized spacial score (nSPS) is 21.2. The van der Waals surface area contributed by atoms with Gasteiger partial charge in [-0.15, -0.1) is 0 Å². The van der Waals surface area contributed by atoms with Gasteiger partial charge in [-0.2, -0.15) is 10.5 Å². The first-order valence-electron chi connectivity index (χ1n) is 7.83. The van der Waals surface area contributed by atoms with Crippen molar-refractivity contribution in [3.8, 4) is 12.1 Å². The molecule has 0 radical (unpaired) electrons. The summed E-state index contributed by atoms with van der Waals surface area (Å²) in [6.45, 7) is 6.80. The fraction of sp³-hybridized carbons (Fsp3) is 0.688. The minimum Gasteiger partial charge on any atom is -0.337 e. The summed E-state index contributed by atoms with van der Waals surface area (Å²) in [6.07, 6.45) is 4.95. The number of rotatable bonds is 6. The molecule has 0 N–H and O–H groups in total. The number of nitrogens with zero attached hydrogens (tertiary/aromatic N) is 6. The highest BCUT2D eigenvalue weighted by molar-refractivity contribution is 4.94. The molecule has 6 nitrogen and oxygen atoms in total. The zero-order chi connectivity index (χ0) is 15.9. The van der Waals surface area contributed by atoms with Crippen LogP contribution in [0.25, 0.3) is 0 Å². The summed E-state index contributed by atoms with van der Waals surface area (Å²) in [5.41, 5.74) is 0. The Morgan fingerprint density at radius 3 is 2.82 bits per heavy atom. The van der Waals surface area contributed by atoms with Crippen LogP contribution in [0.15, 0.2) is 12.4 Å². The second-order valence-electron chi connectivity index (χ2n) is 6.06. The summed E-state index contributed by atoms with van der Waals surface area (Å²) >= 11 is 0. The van der Waals surface area contributed by atoms with E-state index in [0.717, 1.165) is 38.5 Å². The average molecular weight is 300 g/mol. The topological polar surface area (TPSA) is 71.9 Å². The minimum atomic E-state index is -0.0343. The lowest BCUT2D eigenvalue weighted by molar-refractivity contribution is 0.0691. The molecular formula is C16H24N6. The van der Waals surface area contributed by atoms with E-state index >= 15 is 0 Å². The van der Waals surface area contributed by atoms with Crippen molar-refractivity contribution < 1.29 is 0 Å². The third-order valence-electron chi connectivity index (χ3n) is 4.38. The van der Waals surface area contributed by atoms with Crippen molar-refractivity contribution in [3.63, 3.8) is 0 Å². The second-order valence-corrected chi connectivity index (χ2v) is 6.06. The Bertz CT molecular complexity index is 552. The van der Waals surface area contributed by atoms with Crippen LogP contribution in [0.3, 0.4) is 0 Å². The van der Waals surface area contributed by atoms with E-state index in [1.165, 1.54) is 0 Å². The van der Waals surface area contributed by atoms with Gasteiger partial charge in [0.15, 0.2) is 0 Å². The number of hydrogen-bond acceptors (Lipinski definition) is 5. The molecule has 1 aromatic heterocycles. The quantitative estimate of drug-likeness (QED) is 0.793. The standard InChI is InChI=1S/C16H24N6/c1-14-11-21(12-15(10-18)4-3-5-17)8-9-22(14)13-16-19-6-7-20(16)2/h6-7,14-15H,3-4,8-9,11-13H2,1-2H3/t14-,15-/m0/s1. The van der Waals surface area contributed by atoms with Gasteiger partial charge in [0.2, 0.25) is 0 Å². The van der Waals surface area contributed by atoms with E-state index in [0.29, 0.717) is 18.9 Å². The number of aryl methyl sites for hydroxylation is 1. The molecule has 0 unspecified atom stereocenters. The summed E-state index contributed by atoms with van der Waals surface area (Å²) < 4.78 is 2.06. The molecule has 6 heteroatoms. The summed E-state index contributed by atoms with van der Waals surface area (Å²) in [6, 6.07) is 4.91. The van der Waals surface area contributed by atoms with Crippen molar-refractivity contribution in [1.29, 1.82) is 10.5 Å². The molecule has 1 fully saturated rings. The zero-order valence-electron chi connectivity index (χ0n) is 13.4. The molecule has 0 amide bonds. The summed E-state index contributed by atoms with van der Waals surface area (Å²) in [5.74, 6) is 1.05. The Morgan fingerprint density at radius 1 is 1.41 bits per heavy atom. The molecule has 2 heterocycles. The van der Waals surface area contributed by atoms with Crippen LogP contribution in [0.5, 0.6) is 0 Å². The van der Waals surface area contributed by atoms with E-state index in [2.05, 4.69) is 38.4 Å². The second kappa shape index (κ2) is 7.93. The van der Waals surface area contributed by atoms with Crippen LogP contribution in [0.4, 0.5) is 0 Å². The Hall–Kier alpha value is -1.89. The fourth-order valence-electron chi connectivity index (χ4n) is 2.95. The first-order chi connectivity index (χ1) is 10.6. The van der Waals surface area contributed by atoms with E-state index < -0.39 is 0 Å². The highest BCUT2D eigenvalue weighted by atomic mass is 15.3. The zero-order valence-corrected chi connectivity index (χ0v) is 13.4. The predicted octanol–water partition coefficient (Wildman–Crippen LogP) is 1.37. The van der Waals surface area contributed by atoms with E-state index in [9.17, 15) is 5.26 Å². The molecule has 0 spiro atoms. The SMILES string of the molecule is C[C@H]1CN(C[C@H](C#N)CCC#N)CCN1Cc1nccn1C. The van der Waals surface area contributed by atoms with Crippen LogP contribution in [0.1, 0.15) is 25.6 Å². The van der Waals surface area contributed by atoms with E-state index in [1.54, 1.807) is 0 Å². The fourth-order valence-corrected chi connectivity index (χ4v) is 2.95. The largest absolute Gasteiger partial charge is 0.337 e. The van der Waals surface area contributed by atoms with Gasteiger partial charge < -0.3 is 4.57 Å². The lowest BCUT2D eigenvalue weighted by Gasteiger charge is -2.40. The van der Waals surface area contributed by atoms with Gasteiger partial charge in [-0.1, -0.05) is 0 Å². The van der Waals surface area contributed by atoms with Crippen molar-refractivity contribution in [1.82, 2.24) is 19.4 Å². The van der Waals surface area contributed by atoms with Gasteiger partial charge >= 0.3 is 0 Å². The highest BCUT2D eigenvalue weighted by Crippen LogP contribution is 2.15. The van der Waals surface area contributed by atoms with Crippen LogP contribution in [-0.4, -0.2) is 51.6 Å². The van der Waals surface area contributed by atoms with Crippen molar-refractivity contribution in [2.24, 2.45) is 13.0 Å². The van der Waals surface area contributed by atoms with E-state index in [4.69, 9.17) is 5.26 Å². The number of piperazine rings is 1. The average Bonchev–Trinajstić information content (AvgIpc) is 2.91. The Balaban J connectivity index is 1.83. The van der Waals surface area contributed by atoms with Crippen molar-refractivity contribution in [2.75, 3.05) is 26.2 Å². The maximum Gasteiger partial charge on any atom is 0.122 e. The number of imidazole rings is 1. The summed E-state index contributed by atoms with van der Waals surface area (Å²) in [7, 11) is 2.02. The van der Waals surface area contributed by atoms with Crippen LogP contribution in [-0.2, 0) is 13.6 Å². The van der Waals surface area contributed by atoms with Gasteiger partial charge in [-0.05, 0) is 13.3 Å². The molecule has 1 aliphatic rings. The molecule has 2 atom stereocenters. The first-order valence-corrected chi connectivity index (χ1v) is 7.83. The van der Waals surface area contributed by atoms with Crippen LogP contribution in [0, 0.1) is 28.6 Å². The van der Waals surface area contributed by atoms with Crippen LogP contribution in [0.2, 0.25) is 0 Å². The van der Waals surface area contributed by atoms with Gasteiger partial charge in [-0.25, -0.2) is 4.98 Å². The first kappa shape index (κ1) is 16.5. The van der Waals surface area contributed by atoms with Crippen LogP contribution >= 0.6 is 0 Å². The molecule has 1 aliphatic heterocycles. The predicted molar refractivity (Wildman–Crippen MR) is 83.5 cm³/mol. The molecule has 2 rings (SSSR count). The van der Waals surface area contributed by atoms with Crippen molar-refractivity contribution >= 4 is 0 Å². The van der Waals surface area contributed by atoms with Gasteiger partial charge in [0, 0.05) is 58.1 Å². The Morgan fingerprint density at radius 2 is 2.23 bits per heavy atom.